The fourth-order valence-corrected chi connectivity index (χ4v) is 2.74. The van der Waals surface area contributed by atoms with Crippen molar-refractivity contribution in [1.82, 2.24) is 5.32 Å². The monoisotopic (exact) mass is 407 g/mol. The van der Waals surface area contributed by atoms with E-state index in [-0.39, 0.29) is 18.9 Å². The predicted molar refractivity (Wildman–Crippen MR) is 111 cm³/mol. The highest BCUT2D eigenvalue weighted by atomic mass is 35.5. The number of carbonyl (C=O) groups excluding carboxylic acids is 3. The second-order valence-corrected chi connectivity index (χ2v) is 6.65. The normalized spacial score (nSPS) is 10.2. The van der Waals surface area contributed by atoms with Gasteiger partial charge >= 0.3 is 5.97 Å². The van der Waals surface area contributed by atoms with Gasteiger partial charge in [0.25, 0.3) is 5.91 Å². The zero-order valence-corrected chi connectivity index (χ0v) is 16.2. The Kier molecular flexibility index (Phi) is 6.76. The quantitative estimate of drug-likeness (QED) is 0.471. The van der Waals surface area contributed by atoms with E-state index in [2.05, 4.69) is 5.32 Å². The Hall–Kier alpha value is -3.44. The van der Waals surface area contributed by atoms with E-state index in [9.17, 15) is 14.4 Å². The fourth-order valence-electron chi connectivity index (χ4n) is 2.62. The van der Waals surface area contributed by atoms with Crippen LogP contribution in [0.15, 0.2) is 78.9 Å². The molecule has 0 bridgehead atoms. The molecule has 5 nitrogen and oxygen atoms in total. The topological polar surface area (TPSA) is 72.5 Å². The molecule has 0 atom stereocenters. The van der Waals surface area contributed by atoms with E-state index in [1.165, 1.54) is 0 Å². The van der Waals surface area contributed by atoms with Gasteiger partial charge in [0, 0.05) is 16.1 Å². The van der Waals surface area contributed by atoms with Crippen molar-refractivity contribution in [2.45, 2.75) is 0 Å². The number of amides is 1. The molecule has 0 fully saturated rings. The van der Waals surface area contributed by atoms with Crippen molar-refractivity contribution >= 4 is 29.3 Å². The number of hydrogen-bond donors (Lipinski definition) is 1. The molecule has 6 heteroatoms. The molecule has 0 saturated carbocycles. The van der Waals surface area contributed by atoms with Gasteiger partial charge in [0.2, 0.25) is 0 Å². The van der Waals surface area contributed by atoms with E-state index in [4.69, 9.17) is 16.3 Å². The van der Waals surface area contributed by atoms with Crippen LogP contribution in [0.5, 0.6) is 0 Å². The summed E-state index contributed by atoms with van der Waals surface area (Å²) in [5.41, 5.74) is 2.86. The van der Waals surface area contributed by atoms with Gasteiger partial charge < -0.3 is 10.1 Å². The Morgan fingerprint density at radius 2 is 1.34 bits per heavy atom. The van der Waals surface area contributed by atoms with Gasteiger partial charge in [-0.05, 0) is 35.4 Å². The van der Waals surface area contributed by atoms with Crippen LogP contribution in [0.25, 0.3) is 11.1 Å². The molecule has 0 aliphatic rings. The third-order valence-electron chi connectivity index (χ3n) is 4.18. The molecular weight excluding hydrogens is 390 g/mol. The van der Waals surface area contributed by atoms with E-state index < -0.39 is 11.9 Å². The molecule has 3 aromatic rings. The first-order valence-corrected chi connectivity index (χ1v) is 9.29. The molecule has 0 aliphatic heterocycles. The molecule has 0 aromatic heterocycles. The van der Waals surface area contributed by atoms with Crippen molar-refractivity contribution in [3.05, 3.63) is 95.0 Å². The molecule has 0 aliphatic carbocycles. The fraction of sp³-hybridized carbons (Fsp3) is 0.0870. The number of carbonyl (C=O) groups is 3. The maximum Gasteiger partial charge on any atom is 0.325 e. The van der Waals surface area contributed by atoms with Crippen LogP contribution in [-0.4, -0.2) is 30.8 Å². The molecule has 3 aromatic carbocycles. The Balaban J connectivity index is 1.46. The van der Waals surface area contributed by atoms with Gasteiger partial charge in [0.1, 0.15) is 6.54 Å². The highest BCUT2D eigenvalue weighted by Gasteiger charge is 2.12. The Morgan fingerprint density at radius 3 is 2.00 bits per heavy atom. The Labute approximate surface area is 173 Å². The van der Waals surface area contributed by atoms with Gasteiger partial charge in [-0.1, -0.05) is 66.2 Å². The molecule has 0 heterocycles. The van der Waals surface area contributed by atoms with Crippen molar-refractivity contribution in [2.24, 2.45) is 0 Å². The van der Waals surface area contributed by atoms with Crippen LogP contribution in [0.4, 0.5) is 0 Å². The van der Waals surface area contributed by atoms with Crippen molar-refractivity contribution in [2.75, 3.05) is 13.2 Å². The van der Waals surface area contributed by atoms with Crippen LogP contribution in [0, 0.1) is 0 Å². The van der Waals surface area contributed by atoms with Crippen molar-refractivity contribution in [3.63, 3.8) is 0 Å². The third kappa shape index (κ3) is 5.77. The zero-order valence-electron chi connectivity index (χ0n) is 15.4. The highest BCUT2D eigenvalue weighted by molar-refractivity contribution is 6.30. The summed E-state index contributed by atoms with van der Waals surface area (Å²) in [5.74, 6) is -1.44. The number of halogens is 1. The van der Waals surface area contributed by atoms with Crippen molar-refractivity contribution in [1.29, 1.82) is 0 Å². The summed E-state index contributed by atoms with van der Waals surface area (Å²) in [6, 6.07) is 23.1. The molecule has 3 rings (SSSR count). The maximum atomic E-state index is 12.2. The maximum absolute atomic E-state index is 12.2. The van der Waals surface area contributed by atoms with E-state index in [0.29, 0.717) is 16.1 Å². The molecule has 146 valence electrons. The van der Waals surface area contributed by atoms with E-state index in [1.807, 2.05) is 42.5 Å². The van der Waals surface area contributed by atoms with Crippen LogP contribution in [0.3, 0.4) is 0 Å². The highest BCUT2D eigenvalue weighted by Crippen LogP contribution is 2.19. The number of rotatable bonds is 7. The average molecular weight is 408 g/mol. The molecule has 29 heavy (non-hydrogen) atoms. The summed E-state index contributed by atoms with van der Waals surface area (Å²) in [5, 5.41) is 2.95. The SMILES string of the molecule is O=C(CNC(=O)c1ccc(Cl)cc1)OCC(=O)c1ccc(-c2ccccc2)cc1. The van der Waals surface area contributed by atoms with Gasteiger partial charge in [-0.25, -0.2) is 0 Å². The zero-order chi connectivity index (χ0) is 20.6. The largest absolute Gasteiger partial charge is 0.456 e. The van der Waals surface area contributed by atoms with Gasteiger partial charge in [-0.15, -0.1) is 0 Å². The van der Waals surface area contributed by atoms with Crippen LogP contribution in [0.1, 0.15) is 20.7 Å². The molecule has 1 N–H and O–H groups in total. The standard InChI is InChI=1S/C23H18ClNO4/c24-20-12-10-19(11-13-20)23(28)25-14-22(27)29-15-21(26)18-8-6-17(7-9-18)16-4-2-1-3-5-16/h1-13H,14-15H2,(H,25,28). The summed E-state index contributed by atoms with van der Waals surface area (Å²) in [6.07, 6.45) is 0. The number of esters is 1. The minimum absolute atomic E-state index is 0.318. The van der Waals surface area contributed by atoms with Gasteiger partial charge in [-0.3, -0.25) is 14.4 Å². The molecule has 0 unspecified atom stereocenters. The van der Waals surface area contributed by atoms with Crippen molar-refractivity contribution in [3.8, 4) is 11.1 Å². The van der Waals surface area contributed by atoms with E-state index >= 15 is 0 Å². The number of hydrogen-bond acceptors (Lipinski definition) is 4. The summed E-state index contributed by atoms with van der Waals surface area (Å²) in [4.78, 5) is 35.9. The first-order valence-electron chi connectivity index (χ1n) is 8.91. The number of nitrogens with one attached hydrogen (secondary N) is 1. The summed E-state index contributed by atoms with van der Waals surface area (Å²) in [6.45, 7) is -0.720. The second-order valence-electron chi connectivity index (χ2n) is 6.22. The predicted octanol–water partition coefficient (Wildman–Crippen LogP) is 4.16. The molecule has 0 saturated heterocycles. The van der Waals surface area contributed by atoms with Crippen LogP contribution < -0.4 is 5.32 Å². The lowest BCUT2D eigenvalue weighted by molar-refractivity contribution is -0.141. The minimum atomic E-state index is -0.693. The minimum Gasteiger partial charge on any atom is -0.456 e. The number of ketones is 1. The molecule has 0 radical (unpaired) electrons. The first kappa shape index (κ1) is 20.3. The van der Waals surface area contributed by atoms with Gasteiger partial charge in [-0.2, -0.15) is 0 Å². The van der Waals surface area contributed by atoms with Crippen LogP contribution in [-0.2, 0) is 9.53 Å². The lowest BCUT2D eigenvalue weighted by Crippen LogP contribution is -2.31. The lowest BCUT2D eigenvalue weighted by Gasteiger charge is -2.07. The van der Waals surface area contributed by atoms with Crippen LogP contribution in [0.2, 0.25) is 5.02 Å². The smallest absolute Gasteiger partial charge is 0.325 e. The Bertz CT molecular complexity index is 999. The van der Waals surface area contributed by atoms with Gasteiger partial charge in [0.05, 0.1) is 0 Å². The number of Topliss-reactive ketones (excluding diaryl/α,β-unsaturated/α-hetero) is 1. The average Bonchev–Trinajstić information content (AvgIpc) is 2.77. The summed E-state index contributed by atoms with van der Waals surface area (Å²) < 4.78 is 4.95. The molecule has 1 amide bonds. The Morgan fingerprint density at radius 1 is 0.759 bits per heavy atom. The van der Waals surface area contributed by atoms with Gasteiger partial charge in [0.15, 0.2) is 12.4 Å². The first-order chi connectivity index (χ1) is 14.0. The van der Waals surface area contributed by atoms with Crippen LogP contribution >= 0.6 is 11.6 Å². The third-order valence-corrected chi connectivity index (χ3v) is 4.43. The lowest BCUT2D eigenvalue weighted by atomic mass is 10.0. The second kappa shape index (κ2) is 9.66. The molecule has 0 spiro atoms. The number of benzene rings is 3. The number of ether oxygens (including phenoxy) is 1. The van der Waals surface area contributed by atoms with E-state index in [0.717, 1.165) is 11.1 Å². The summed E-state index contributed by atoms with van der Waals surface area (Å²) >= 11 is 5.77. The van der Waals surface area contributed by atoms with Crippen molar-refractivity contribution < 1.29 is 19.1 Å². The van der Waals surface area contributed by atoms with E-state index in [1.54, 1.807) is 36.4 Å². The molecular formula is C23H18ClNO4. The summed E-state index contributed by atoms with van der Waals surface area (Å²) in [7, 11) is 0.